The molecule has 1 saturated heterocycles. The molecule has 2 aromatic rings. The monoisotopic (exact) mass is 409 g/mol. The summed E-state index contributed by atoms with van der Waals surface area (Å²) in [7, 11) is 1.70. The van der Waals surface area contributed by atoms with Gasteiger partial charge < -0.3 is 20.7 Å². The summed E-state index contributed by atoms with van der Waals surface area (Å²) in [6.45, 7) is 6.14. The topological polar surface area (TPSA) is 76.3 Å². The number of anilines is 2. The third kappa shape index (κ3) is 5.04. The first kappa shape index (κ1) is 20.9. The molecule has 0 amide bonds. The van der Waals surface area contributed by atoms with Gasteiger partial charge in [-0.05, 0) is 87.6 Å². The maximum atomic E-state index is 5.96. The number of nitrogens with zero attached hydrogens (tertiary/aromatic N) is 3. The van der Waals surface area contributed by atoms with E-state index in [2.05, 4.69) is 32.3 Å². The predicted octanol–water partition coefficient (Wildman–Crippen LogP) is 3.94. The van der Waals surface area contributed by atoms with Gasteiger partial charge in [-0.25, -0.2) is 4.98 Å². The van der Waals surface area contributed by atoms with E-state index >= 15 is 0 Å². The van der Waals surface area contributed by atoms with E-state index in [4.69, 9.17) is 10.5 Å². The molecular weight excluding hydrogens is 374 g/mol. The van der Waals surface area contributed by atoms with E-state index in [1.807, 2.05) is 25.1 Å². The van der Waals surface area contributed by atoms with Gasteiger partial charge in [-0.2, -0.15) is 4.98 Å². The third-order valence-corrected chi connectivity index (χ3v) is 6.91. The highest BCUT2D eigenvalue weighted by atomic mass is 16.5. The zero-order valence-electron chi connectivity index (χ0n) is 18.4. The average molecular weight is 410 g/mol. The molecule has 1 aliphatic heterocycles. The van der Waals surface area contributed by atoms with E-state index in [1.165, 1.54) is 57.2 Å². The van der Waals surface area contributed by atoms with Crippen molar-refractivity contribution in [3.05, 3.63) is 41.6 Å². The molecule has 1 aliphatic carbocycles. The second-order valence-electron chi connectivity index (χ2n) is 8.99. The van der Waals surface area contributed by atoms with Gasteiger partial charge in [0.05, 0.1) is 7.11 Å². The number of hydrogen-bond donors (Lipinski definition) is 2. The number of rotatable bonds is 9. The van der Waals surface area contributed by atoms with Gasteiger partial charge in [0.1, 0.15) is 11.6 Å². The van der Waals surface area contributed by atoms with Crippen LogP contribution in [-0.4, -0.2) is 36.7 Å². The lowest BCUT2D eigenvalue weighted by Gasteiger charge is -2.32. The second-order valence-corrected chi connectivity index (χ2v) is 8.99. The standard InChI is InChI=1S/C24H35N5O/c1-18-16-22(28-23(25)27-18)29(17-19-4-6-21(30-2)7-5-19)15-3-10-24(11-12-24)20-8-13-26-14-9-20/h4-7,16,20,26H,3,8-15,17H2,1-2H3,(H2,25,27,28). The molecule has 0 bridgehead atoms. The zero-order valence-corrected chi connectivity index (χ0v) is 18.4. The highest BCUT2D eigenvalue weighted by Gasteiger charge is 2.48. The van der Waals surface area contributed by atoms with Gasteiger partial charge in [-0.15, -0.1) is 0 Å². The van der Waals surface area contributed by atoms with E-state index in [-0.39, 0.29) is 0 Å². The summed E-state index contributed by atoms with van der Waals surface area (Å²) in [6.07, 6.45) is 8.01. The van der Waals surface area contributed by atoms with Crippen molar-refractivity contribution in [1.29, 1.82) is 0 Å². The summed E-state index contributed by atoms with van der Waals surface area (Å²) in [5.74, 6) is 3.05. The van der Waals surface area contributed by atoms with Crippen molar-refractivity contribution < 1.29 is 4.74 Å². The number of aryl methyl sites for hydroxylation is 1. The van der Waals surface area contributed by atoms with Crippen LogP contribution >= 0.6 is 0 Å². The number of benzene rings is 1. The first-order chi connectivity index (χ1) is 14.6. The number of piperidine rings is 1. The minimum absolute atomic E-state index is 0.345. The van der Waals surface area contributed by atoms with Crippen LogP contribution in [-0.2, 0) is 6.54 Å². The number of methoxy groups -OCH3 is 1. The van der Waals surface area contributed by atoms with Crippen LogP contribution < -0.4 is 20.7 Å². The lowest BCUT2D eigenvalue weighted by atomic mass is 9.79. The first-order valence-electron chi connectivity index (χ1n) is 11.3. The minimum atomic E-state index is 0.345. The van der Waals surface area contributed by atoms with E-state index in [1.54, 1.807) is 7.11 Å². The largest absolute Gasteiger partial charge is 0.497 e. The molecule has 1 saturated carbocycles. The molecule has 6 nitrogen and oxygen atoms in total. The molecule has 2 heterocycles. The molecule has 2 fully saturated rings. The first-order valence-corrected chi connectivity index (χ1v) is 11.3. The van der Waals surface area contributed by atoms with E-state index < -0.39 is 0 Å². The number of ether oxygens (including phenoxy) is 1. The molecule has 162 valence electrons. The fourth-order valence-corrected chi connectivity index (χ4v) is 5.04. The Labute approximate surface area is 180 Å². The molecule has 0 unspecified atom stereocenters. The highest BCUT2D eigenvalue weighted by molar-refractivity contribution is 5.44. The van der Waals surface area contributed by atoms with Crippen molar-refractivity contribution in [2.45, 2.75) is 52.0 Å². The van der Waals surface area contributed by atoms with Gasteiger partial charge in [0.25, 0.3) is 0 Å². The van der Waals surface area contributed by atoms with Crippen molar-refractivity contribution in [3.8, 4) is 5.75 Å². The van der Waals surface area contributed by atoms with Crippen LogP contribution in [0.5, 0.6) is 5.75 Å². The Balaban J connectivity index is 1.44. The molecule has 2 aliphatic rings. The SMILES string of the molecule is COc1ccc(CN(CCCC2(C3CCNCC3)CC2)c2cc(C)nc(N)n2)cc1. The fraction of sp³-hybridized carbons (Fsp3) is 0.583. The molecule has 6 heteroatoms. The molecule has 30 heavy (non-hydrogen) atoms. The van der Waals surface area contributed by atoms with Crippen LogP contribution in [0.2, 0.25) is 0 Å². The van der Waals surface area contributed by atoms with E-state index in [0.29, 0.717) is 11.4 Å². The van der Waals surface area contributed by atoms with Crippen LogP contribution in [0.4, 0.5) is 11.8 Å². The molecule has 3 N–H and O–H groups in total. The van der Waals surface area contributed by atoms with E-state index in [9.17, 15) is 0 Å². The number of nitrogen functional groups attached to an aromatic ring is 1. The van der Waals surface area contributed by atoms with Gasteiger partial charge >= 0.3 is 0 Å². The predicted molar refractivity (Wildman–Crippen MR) is 122 cm³/mol. The summed E-state index contributed by atoms with van der Waals surface area (Å²) in [6, 6.07) is 10.3. The summed E-state index contributed by atoms with van der Waals surface area (Å²) in [4.78, 5) is 11.2. The molecule has 1 aromatic heterocycles. The Morgan fingerprint density at radius 3 is 2.53 bits per heavy atom. The quantitative estimate of drug-likeness (QED) is 0.653. The van der Waals surface area contributed by atoms with Crippen molar-refractivity contribution in [3.63, 3.8) is 0 Å². The summed E-state index contributed by atoms with van der Waals surface area (Å²) < 4.78 is 5.30. The maximum absolute atomic E-state index is 5.96. The fourth-order valence-electron chi connectivity index (χ4n) is 5.04. The van der Waals surface area contributed by atoms with Gasteiger partial charge in [-0.1, -0.05) is 12.1 Å². The molecule has 0 radical (unpaired) electrons. The van der Waals surface area contributed by atoms with Gasteiger partial charge in [0, 0.05) is 24.8 Å². The summed E-state index contributed by atoms with van der Waals surface area (Å²) in [5, 5.41) is 3.51. The molecule has 1 aromatic carbocycles. The normalized spacial score (nSPS) is 18.2. The van der Waals surface area contributed by atoms with Crippen molar-refractivity contribution >= 4 is 11.8 Å². The molecule has 4 rings (SSSR count). The Hall–Kier alpha value is -2.34. The highest BCUT2D eigenvalue weighted by Crippen LogP contribution is 2.58. The molecule has 0 atom stereocenters. The summed E-state index contributed by atoms with van der Waals surface area (Å²) >= 11 is 0. The number of hydrogen-bond acceptors (Lipinski definition) is 6. The van der Waals surface area contributed by atoms with Gasteiger partial charge in [0.15, 0.2) is 0 Å². The van der Waals surface area contributed by atoms with Crippen molar-refractivity contribution in [2.75, 3.05) is 37.4 Å². The Bertz CT molecular complexity index is 808. The lowest BCUT2D eigenvalue weighted by molar-refractivity contribution is 0.221. The smallest absolute Gasteiger partial charge is 0.222 e. The number of nitrogens with one attached hydrogen (secondary N) is 1. The Morgan fingerprint density at radius 1 is 1.17 bits per heavy atom. The van der Waals surface area contributed by atoms with Crippen LogP contribution in [0.15, 0.2) is 30.3 Å². The maximum Gasteiger partial charge on any atom is 0.222 e. The van der Waals surface area contributed by atoms with Crippen molar-refractivity contribution in [2.24, 2.45) is 11.3 Å². The van der Waals surface area contributed by atoms with Gasteiger partial charge in [0.2, 0.25) is 5.95 Å². The lowest BCUT2D eigenvalue weighted by Crippen LogP contribution is -2.33. The van der Waals surface area contributed by atoms with Crippen LogP contribution in [0.1, 0.15) is 49.8 Å². The zero-order chi connectivity index (χ0) is 21.0. The molecular formula is C24H35N5O. The number of nitrogens with two attached hydrogens (primary N) is 1. The molecule has 0 spiro atoms. The minimum Gasteiger partial charge on any atom is -0.497 e. The van der Waals surface area contributed by atoms with Crippen LogP contribution in [0.25, 0.3) is 0 Å². The third-order valence-electron chi connectivity index (χ3n) is 6.91. The van der Waals surface area contributed by atoms with Crippen LogP contribution in [0, 0.1) is 18.3 Å². The second kappa shape index (κ2) is 9.21. The van der Waals surface area contributed by atoms with Crippen molar-refractivity contribution in [1.82, 2.24) is 15.3 Å². The summed E-state index contributed by atoms with van der Waals surface area (Å²) in [5.41, 5.74) is 8.72. The average Bonchev–Trinajstić information content (AvgIpc) is 3.54. The number of aromatic nitrogens is 2. The van der Waals surface area contributed by atoms with Gasteiger partial charge in [-0.3, -0.25) is 0 Å². The Kier molecular flexibility index (Phi) is 6.42. The van der Waals surface area contributed by atoms with Crippen LogP contribution in [0.3, 0.4) is 0 Å². The Morgan fingerprint density at radius 2 is 1.90 bits per heavy atom. The van der Waals surface area contributed by atoms with E-state index in [0.717, 1.165) is 36.3 Å².